The smallest absolute Gasteiger partial charge is 0.0926 e. The standard InChI is InChI=1S/C12H19N5S/c1-2-12-14-11(9-18-12)8-17-7-10(15-16-17)5-3-4-6-13/h7,9H,2-6,8,13H2,1H3. The van der Waals surface area contributed by atoms with Gasteiger partial charge < -0.3 is 5.73 Å². The fourth-order valence-electron chi connectivity index (χ4n) is 1.73. The molecule has 0 aromatic carbocycles. The highest BCUT2D eigenvalue weighted by atomic mass is 32.1. The van der Waals surface area contributed by atoms with Gasteiger partial charge in [-0.3, -0.25) is 0 Å². The normalized spacial score (nSPS) is 11.0. The van der Waals surface area contributed by atoms with Crippen LogP contribution in [-0.4, -0.2) is 26.5 Å². The Morgan fingerprint density at radius 2 is 2.22 bits per heavy atom. The lowest BCUT2D eigenvalue weighted by Gasteiger charge is -1.95. The number of nitrogens with two attached hydrogens (primary N) is 1. The summed E-state index contributed by atoms with van der Waals surface area (Å²) in [6.45, 7) is 3.57. The minimum absolute atomic E-state index is 0.709. The molecule has 0 saturated heterocycles. The Kier molecular flexibility index (Phi) is 4.83. The molecule has 0 aliphatic carbocycles. The zero-order valence-corrected chi connectivity index (χ0v) is 11.5. The molecule has 2 heterocycles. The number of unbranched alkanes of at least 4 members (excludes halogenated alkanes) is 1. The summed E-state index contributed by atoms with van der Waals surface area (Å²) in [5.74, 6) is 0. The Bertz CT molecular complexity index is 476. The quantitative estimate of drug-likeness (QED) is 0.772. The van der Waals surface area contributed by atoms with Crippen LogP contribution in [0.1, 0.15) is 36.2 Å². The molecule has 0 atom stereocenters. The molecule has 0 unspecified atom stereocenters. The summed E-state index contributed by atoms with van der Waals surface area (Å²) < 4.78 is 1.85. The highest BCUT2D eigenvalue weighted by molar-refractivity contribution is 7.09. The van der Waals surface area contributed by atoms with Crippen LogP contribution in [0.5, 0.6) is 0 Å². The highest BCUT2D eigenvalue weighted by Crippen LogP contribution is 2.11. The minimum Gasteiger partial charge on any atom is -0.330 e. The van der Waals surface area contributed by atoms with Crippen molar-refractivity contribution in [3.63, 3.8) is 0 Å². The maximum atomic E-state index is 5.47. The van der Waals surface area contributed by atoms with Crippen LogP contribution in [0.2, 0.25) is 0 Å². The van der Waals surface area contributed by atoms with E-state index in [-0.39, 0.29) is 0 Å². The number of thiazole rings is 1. The Morgan fingerprint density at radius 1 is 1.33 bits per heavy atom. The summed E-state index contributed by atoms with van der Waals surface area (Å²) in [4.78, 5) is 4.52. The van der Waals surface area contributed by atoms with Gasteiger partial charge in [-0.25, -0.2) is 9.67 Å². The lowest BCUT2D eigenvalue weighted by Crippen LogP contribution is -2.01. The predicted molar refractivity (Wildman–Crippen MR) is 72.6 cm³/mol. The van der Waals surface area contributed by atoms with Crippen molar-refractivity contribution in [3.05, 3.63) is 28.0 Å². The van der Waals surface area contributed by atoms with E-state index in [1.165, 1.54) is 5.01 Å². The van der Waals surface area contributed by atoms with Crippen LogP contribution in [0.4, 0.5) is 0 Å². The average molecular weight is 265 g/mol. The molecule has 0 aliphatic heterocycles. The van der Waals surface area contributed by atoms with Gasteiger partial charge in [-0.15, -0.1) is 16.4 Å². The number of rotatable bonds is 7. The van der Waals surface area contributed by atoms with E-state index >= 15 is 0 Å². The summed E-state index contributed by atoms with van der Waals surface area (Å²) >= 11 is 1.71. The maximum absolute atomic E-state index is 5.47. The summed E-state index contributed by atoms with van der Waals surface area (Å²) in [5, 5.41) is 11.6. The molecule has 2 rings (SSSR count). The predicted octanol–water partition coefficient (Wildman–Crippen LogP) is 1.63. The lowest BCUT2D eigenvalue weighted by atomic mass is 10.2. The van der Waals surface area contributed by atoms with E-state index in [2.05, 4.69) is 27.6 Å². The molecule has 0 radical (unpaired) electrons. The van der Waals surface area contributed by atoms with Gasteiger partial charge in [0.15, 0.2) is 0 Å². The molecule has 98 valence electrons. The maximum Gasteiger partial charge on any atom is 0.0926 e. The minimum atomic E-state index is 0.709. The van der Waals surface area contributed by atoms with Gasteiger partial charge in [0.05, 0.1) is 22.9 Å². The summed E-state index contributed by atoms with van der Waals surface area (Å²) in [6, 6.07) is 0. The van der Waals surface area contributed by atoms with E-state index < -0.39 is 0 Å². The van der Waals surface area contributed by atoms with Gasteiger partial charge in [0.25, 0.3) is 0 Å². The first-order valence-corrected chi connectivity index (χ1v) is 7.22. The Labute approximate surface area is 111 Å². The van der Waals surface area contributed by atoms with E-state index in [4.69, 9.17) is 5.73 Å². The lowest BCUT2D eigenvalue weighted by molar-refractivity contribution is 0.639. The second-order valence-electron chi connectivity index (χ2n) is 4.24. The Hall–Kier alpha value is -1.27. The Morgan fingerprint density at radius 3 is 2.94 bits per heavy atom. The van der Waals surface area contributed by atoms with Crippen LogP contribution in [0.15, 0.2) is 11.6 Å². The average Bonchev–Trinajstić information content (AvgIpc) is 3.00. The number of hydrogen-bond donors (Lipinski definition) is 1. The number of aryl methyl sites for hydroxylation is 2. The SMILES string of the molecule is CCc1nc(Cn2cc(CCCCN)nn2)cs1. The number of aromatic nitrogens is 4. The summed E-state index contributed by atoms with van der Waals surface area (Å²) in [6.07, 6.45) is 6.06. The molecule has 6 heteroatoms. The van der Waals surface area contributed by atoms with Crippen molar-refractivity contribution in [2.75, 3.05) is 6.54 Å². The molecule has 18 heavy (non-hydrogen) atoms. The van der Waals surface area contributed by atoms with Gasteiger partial charge >= 0.3 is 0 Å². The molecule has 0 amide bonds. The van der Waals surface area contributed by atoms with E-state index in [1.54, 1.807) is 11.3 Å². The van der Waals surface area contributed by atoms with Gasteiger partial charge in [0.1, 0.15) is 0 Å². The van der Waals surface area contributed by atoms with Crippen molar-refractivity contribution >= 4 is 11.3 Å². The van der Waals surface area contributed by atoms with E-state index in [0.29, 0.717) is 6.54 Å². The van der Waals surface area contributed by atoms with Crippen LogP contribution in [0.3, 0.4) is 0 Å². The second-order valence-corrected chi connectivity index (χ2v) is 5.18. The van der Waals surface area contributed by atoms with Gasteiger partial charge in [0, 0.05) is 11.6 Å². The molecule has 0 bridgehead atoms. The Balaban J connectivity index is 1.89. The topological polar surface area (TPSA) is 69.6 Å². The van der Waals surface area contributed by atoms with Crippen molar-refractivity contribution in [3.8, 4) is 0 Å². The molecule has 5 nitrogen and oxygen atoms in total. The van der Waals surface area contributed by atoms with Gasteiger partial charge in [0.2, 0.25) is 0 Å². The van der Waals surface area contributed by atoms with Crippen molar-refractivity contribution in [1.82, 2.24) is 20.0 Å². The first-order valence-electron chi connectivity index (χ1n) is 6.34. The van der Waals surface area contributed by atoms with Gasteiger partial charge in [-0.05, 0) is 32.2 Å². The fourth-order valence-corrected chi connectivity index (χ4v) is 2.47. The fraction of sp³-hybridized carbons (Fsp3) is 0.583. The largest absolute Gasteiger partial charge is 0.330 e. The third-order valence-corrected chi connectivity index (χ3v) is 3.74. The second kappa shape index (κ2) is 6.61. The molecular weight excluding hydrogens is 246 g/mol. The van der Waals surface area contributed by atoms with Crippen molar-refractivity contribution in [2.45, 2.75) is 39.2 Å². The summed E-state index contributed by atoms with van der Waals surface area (Å²) in [5.41, 5.74) is 7.57. The van der Waals surface area contributed by atoms with E-state index in [1.807, 2.05) is 10.9 Å². The van der Waals surface area contributed by atoms with Crippen LogP contribution in [-0.2, 0) is 19.4 Å². The van der Waals surface area contributed by atoms with E-state index in [0.717, 1.165) is 43.6 Å². The molecule has 0 saturated carbocycles. The van der Waals surface area contributed by atoms with Gasteiger partial charge in [-0.2, -0.15) is 0 Å². The zero-order valence-electron chi connectivity index (χ0n) is 10.7. The third-order valence-electron chi connectivity index (χ3n) is 2.70. The molecule has 0 spiro atoms. The first-order chi connectivity index (χ1) is 8.81. The van der Waals surface area contributed by atoms with Gasteiger partial charge in [-0.1, -0.05) is 12.1 Å². The van der Waals surface area contributed by atoms with Crippen molar-refractivity contribution < 1.29 is 0 Å². The number of hydrogen-bond acceptors (Lipinski definition) is 5. The molecule has 2 aromatic rings. The van der Waals surface area contributed by atoms with Crippen molar-refractivity contribution in [1.29, 1.82) is 0 Å². The molecule has 0 fully saturated rings. The van der Waals surface area contributed by atoms with Crippen molar-refractivity contribution in [2.24, 2.45) is 5.73 Å². The zero-order chi connectivity index (χ0) is 12.8. The monoisotopic (exact) mass is 265 g/mol. The van der Waals surface area contributed by atoms with Crippen LogP contribution in [0.25, 0.3) is 0 Å². The first kappa shape index (κ1) is 13.2. The van der Waals surface area contributed by atoms with Crippen LogP contribution >= 0.6 is 11.3 Å². The van der Waals surface area contributed by atoms with Crippen LogP contribution < -0.4 is 5.73 Å². The molecule has 0 aliphatic rings. The molecular formula is C12H19N5S. The highest BCUT2D eigenvalue weighted by Gasteiger charge is 2.04. The number of nitrogens with zero attached hydrogens (tertiary/aromatic N) is 4. The molecule has 2 aromatic heterocycles. The van der Waals surface area contributed by atoms with E-state index in [9.17, 15) is 0 Å². The molecule has 2 N–H and O–H groups in total. The van der Waals surface area contributed by atoms with Crippen LogP contribution in [0, 0.1) is 0 Å². The summed E-state index contributed by atoms with van der Waals surface area (Å²) in [7, 11) is 0. The third kappa shape index (κ3) is 3.61.